The van der Waals surface area contributed by atoms with Gasteiger partial charge in [0.2, 0.25) is 5.90 Å². The normalized spacial score (nSPS) is 9.92. The highest BCUT2D eigenvalue weighted by molar-refractivity contribution is 5.93. The Morgan fingerprint density at radius 3 is 2.67 bits per heavy atom. The maximum Gasteiger partial charge on any atom is 0.218 e. The van der Waals surface area contributed by atoms with E-state index in [-0.39, 0.29) is 5.90 Å². The molecule has 0 unspecified atom stereocenters. The zero-order chi connectivity index (χ0) is 9.14. The highest BCUT2D eigenvalue weighted by Crippen LogP contribution is 2.12. The molecule has 0 aromatic carbocycles. The van der Waals surface area contributed by atoms with Crippen LogP contribution in [-0.4, -0.2) is 17.7 Å². The fraction of sp³-hybridized carbons (Fsp3) is 0.500. The summed E-state index contributed by atoms with van der Waals surface area (Å²) in [6.07, 6.45) is 0. The van der Waals surface area contributed by atoms with Gasteiger partial charge < -0.3 is 9.26 Å². The number of ether oxygens (including phenoxy) is 1. The predicted octanol–water partition coefficient (Wildman–Crippen LogP) is 1.65. The Bertz CT molecular complexity index is 272. The SMILES string of the molecule is CCOC(=N)c1c(C)noc1C. The van der Waals surface area contributed by atoms with Crippen molar-refractivity contribution >= 4 is 5.90 Å². The maximum atomic E-state index is 7.51. The first kappa shape index (κ1) is 8.77. The first-order valence-corrected chi connectivity index (χ1v) is 3.81. The van der Waals surface area contributed by atoms with E-state index in [1.165, 1.54) is 0 Å². The zero-order valence-electron chi connectivity index (χ0n) is 7.47. The molecule has 1 rings (SSSR count). The second-order valence-electron chi connectivity index (χ2n) is 2.46. The van der Waals surface area contributed by atoms with Crippen LogP contribution in [-0.2, 0) is 4.74 Å². The Morgan fingerprint density at radius 2 is 2.25 bits per heavy atom. The van der Waals surface area contributed by atoms with Crippen molar-refractivity contribution in [1.29, 1.82) is 5.41 Å². The van der Waals surface area contributed by atoms with Crippen molar-refractivity contribution < 1.29 is 9.26 Å². The Balaban J connectivity index is 2.93. The fourth-order valence-electron chi connectivity index (χ4n) is 1.02. The molecule has 0 fully saturated rings. The minimum atomic E-state index is 0.133. The van der Waals surface area contributed by atoms with E-state index >= 15 is 0 Å². The summed E-state index contributed by atoms with van der Waals surface area (Å²) in [6, 6.07) is 0. The predicted molar refractivity (Wildman–Crippen MR) is 44.4 cm³/mol. The molecular formula is C8H12N2O2. The van der Waals surface area contributed by atoms with E-state index in [0.29, 0.717) is 23.6 Å². The molecule has 1 heterocycles. The van der Waals surface area contributed by atoms with Crippen LogP contribution in [0.15, 0.2) is 4.52 Å². The van der Waals surface area contributed by atoms with E-state index in [4.69, 9.17) is 14.7 Å². The Morgan fingerprint density at radius 1 is 1.58 bits per heavy atom. The number of aryl methyl sites for hydroxylation is 2. The first-order chi connectivity index (χ1) is 5.66. The Hall–Kier alpha value is -1.32. The number of rotatable bonds is 2. The van der Waals surface area contributed by atoms with Crippen LogP contribution < -0.4 is 0 Å². The van der Waals surface area contributed by atoms with Gasteiger partial charge in [-0.25, -0.2) is 0 Å². The molecule has 66 valence electrons. The number of nitrogens with one attached hydrogen (secondary N) is 1. The molecule has 1 aromatic heterocycles. The molecule has 1 N–H and O–H groups in total. The number of hydrogen-bond acceptors (Lipinski definition) is 4. The monoisotopic (exact) mass is 168 g/mol. The molecular weight excluding hydrogens is 156 g/mol. The van der Waals surface area contributed by atoms with Crippen molar-refractivity contribution in [3.05, 3.63) is 17.0 Å². The van der Waals surface area contributed by atoms with Crippen molar-refractivity contribution in [3.8, 4) is 0 Å². The summed E-state index contributed by atoms with van der Waals surface area (Å²) in [4.78, 5) is 0. The summed E-state index contributed by atoms with van der Waals surface area (Å²) in [5.41, 5.74) is 1.36. The lowest BCUT2D eigenvalue weighted by Gasteiger charge is -2.02. The van der Waals surface area contributed by atoms with Crippen molar-refractivity contribution in [2.75, 3.05) is 6.61 Å². The third kappa shape index (κ3) is 1.47. The number of aromatic nitrogens is 1. The summed E-state index contributed by atoms with van der Waals surface area (Å²) in [5.74, 6) is 0.764. The van der Waals surface area contributed by atoms with Crippen molar-refractivity contribution in [2.24, 2.45) is 0 Å². The molecule has 0 atom stereocenters. The van der Waals surface area contributed by atoms with E-state index in [1.54, 1.807) is 13.8 Å². The van der Waals surface area contributed by atoms with Crippen molar-refractivity contribution in [3.63, 3.8) is 0 Å². The third-order valence-electron chi connectivity index (χ3n) is 1.55. The van der Waals surface area contributed by atoms with Gasteiger partial charge in [-0.1, -0.05) is 5.16 Å². The topological polar surface area (TPSA) is 59.1 Å². The van der Waals surface area contributed by atoms with E-state index in [0.717, 1.165) is 0 Å². The quantitative estimate of drug-likeness (QED) is 0.539. The van der Waals surface area contributed by atoms with Gasteiger partial charge in [-0.05, 0) is 20.8 Å². The molecule has 0 bridgehead atoms. The van der Waals surface area contributed by atoms with E-state index < -0.39 is 0 Å². The number of hydrogen-bond donors (Lipinski definition) is 1. The number of nitrogens with zero attached hydrogens (tertiary/aromatic N) is 1. The summed E-state index contributed by atoms with van der Waals surface area (Å²) in [7, 11) is 0. The van der Waals surface area contributed by atoms with Gasteiger partial charge >= 0.3 is 0 Å². The highest BCUT2D eigenvalue weighted by atomic mass is 16.5. The van der Waals surface area contributed by atoms with E-state index in [9.17, 15) is 0 Å². The van der Waals surface area contributed by atoms with E-state index in [1.807, 2.05) is 6.92 Å². The average molecular weight is 168 g/mol. The molecule has 0 saturated heterocycles. The van der Waals surface area contributed by atoms with Gasteiger partial charge in [0.15, 0.2) is 0 Å². The van der Waals surface area contributed by atoms with Crippen LogP contribution in [0.25, 0.3) is 0 Å². The van der Waals surface area contributed by atoms with Crippen molar-refractivity contribution in [2.45, 2.75) is 20.8 Å². The standard InChI is InChI=1S/C8H12N2O2/c1-4-11-8(9)7-5(2)10-12-6(7)3/h9H,4H2,1-3H3. The molecule has 12 heavy (non-hydrogen) atoms. The lowest BCUT2D eigenvalue weighted by molar-refractivity contribution is 0.324. The van der Waals surface area contributed by atoms with Crippen LogP contribution in [0.1, 0.15) is 23.9 Å². The van der Waals surface area contributed by atoms with Gasteiger partial charge in [-0.3, -0.25) is 5.41 Å². The summed E-state index contributed by atoms with van der Waals surface area (Å²) in [5, 5.41) is 11.2. The van der Waals surface area contributed by atoms with Gasteiger partial charge in [-0.15, -0.1) is 0 Å². The van der Waals surface area contributed by atoms with Crippen LogP contribution >= 0.6 is 0 Å². The molecule has 0 amide bonds. The fourth-order valence-corrected chi connectivity index (χ4v) is 1.02. The molecule has 0 aliphatic carbocycles. The molecule has 0 saturated carbocycles. The molecule has 0 aliphatic rings. The molecule has 0 radical (unpaired) electrons. The molecule has 4 heteroatoms. The van der Waals surface area contributed by atoms with Gasteiger partial charge in [0, 0.05) is 0 Å². The third-order valence-corrected chi connectivity index (χ3v) is 1.55. The minimum absolute atomic E-state index is 0.133. The molecule has 0 spiro atoms. The van der Waals surface area contributed by atoms with Crippen LogP contribution in [0.2, 0.25) is 0 Å². The lowest BCUT2D eigenvalue weighted by Crippen LogP contribution is -2.06. The first-order valence-electron chi connectivity index (χ1n) is 3.81. The van der Waals surface area contributed by atoms with Gasteiger partial charge in [0.05, 0.1) is 12.3 Å². The minimum Gasteiger partial charge on any atom is -0.478 e. The summed E-state index contributed by atoms with van der Waals surface area (Å²) in [6.45, 7) is 5.89. The lowest BCUT2D eigenvalue weighted by atomic mass is 10.2. The van der Waals surface area contributed by atoms with Gasteiger partial charge in [0.1, 0.15) is 11.3 Å². The largest absolute Gasteiger partial charge is 0.478 e. The van der Waals surface area contributed by atoms with Gasteiger partial charge in [-0.2, -0.15) is 0 Å². The summed E-state index contributed by atoms with van der Waals surface area (Å²) >= 11 is 0. The second-order valence-corrected chi connectivity index (χ2v) is 2.46. The van der Waals surface area contributed by atoms with Crippen LogP contribution in [0.4, 0.5) is 0 Å². The maximum absolute atomic E-state index is 7.51. The van der Waals surface area contributed by atoms with E-state index in [2.05, 4.69) is 5.16 Å². The van der Waals surface area contributed by atoms with Crippen LogP contribution in [0.5, 0.6) is 0 Å². The highest BCUT2D eigenvalue weighted by Gasteiger charge is 2.14. The molecule has 4 nitrogen and oxygen atoms in total. The zero-order valence-corrected chi connectivity index (χ0v) is 7.47. The van der Waals surface area contributed by atoms with Crippen LogP contribution in [0.3, 0.4) is 0 Å². The Kier molecular flexibility index (Phi) is 2.47. The molecule has 1 aromatic rings. The van der Waals surface area contributed by atoms with Gasteiger partial charge in [0.25, 0.3) is 0 Å². The smallest absolute Gasteiger partial charge is 0.218 e. The van der Waals surface area contributed by atoms with Crippen LogP contribution in [0, 0.1) is 19.3 Å². The Labute approximate surface area is 71.0 Å². The van der Waals surface area contributed by atoms with Crippen molar-refractivity contribution in [1.82, 2.24) is 5.16 Å². The average Bonchev–Trinajstić information content (AvgIpc) is 2.32. The second kappa shape index (κ2) is 3.38. The summed E-state index contributed by atoms with van der Waals surface area (Å²) < 4.78 is 9.92. The molecule has 0 aliphatic heterocycles.